The number of carbonyl (C=O) groups is 1. The topological polar surface area (TPSA) is 34.4 Å². The maximum atomic E-state index is 12.2. The van der Waals surface area contributed by atoms with Crippen LogP contribution in [-0.2, 0) is 7.05 Å². The molecule has 0 spiro atoms. The highest BCUT2D eigenvalue weighted by molar-refractivity contribution is 7.16. The third-order valence-corrected chi connectivity index (χ3v) is 4.62. The highest BCUT2D eigenvalue weighted by Gasteiger charge is 2.10. The second-order valence-corrected chi connectivity index (χ2v) is 6.31. The number of rotatable bonds is 1. The van der Waals surface area contributed by atoms with Crippen molar-refractivity contribution in [1.29, 1.82) is 0 Å². The molecular weight excluding hydrogens is 327 g/mol. The summed E-state index contributed by atoms with van der Waals surface area (Å²) in [5.41, 5.74) is 1.38. The van der Waals surface area contributed by atoms with E-state index in [9.17, 15) is 4.79 Å². The van der Waals surface area contributed by atoms with Gasteiger partial charge in [0.05, 0.1) is 15.2 Å². The molecule has 0 aliphatic carbocycles. The summed E-state index contributed by atoms with van der Waals surface area (Å²) >= 11 is 13.6. The average Bonchev–Trinajstić information content (AvgIpc) is 2.76. The molecule has 0 saturated heterocycles. The van der Waals surface area contributed by atoms with Gasteiger partial charge in [-0.2, -0.15) is 4.99 Å². The number of aryl methyl sites for hydroxylation is 1. The van der Waals surface area contributed by atoms with E-state index in [1.54, 1.807) is 22.8 Å². The lowest BCUT2D eigenvalue weighted by Gasteiger charge is -1.99. The second-order valence-electron chi connectivity index (χ2n) is 4.46. The SMILES string of the molecule is Cn1c(=NC(=O)c2ccccc2)sc2cc(Cl)cc(Cl)c21. The molecule has 3 aromatic rings. The zero-order valence-electron chi connectivity index (χ0n) is 11.0. The van der Waals surface area contributed by atoms with Gasteiger partial charge in [-0.3, -0.25) is 4.79 Å². The minimum Gasteiger partial charge on any atom is -0.318 e. The number of aromatic nitrogens is 1. The minimum atomic E-state index is -0.278. The van der Waals surface area contributed by atoms with Gasteiger partial charge in [0.25, 0.3) is 5.91 Å². The van der Waals surface area contributed by atoms with Crippen molar-refractivity contribution in [3.05, 3.63) is 62.9 Å². The zero-order valence-corrected chi connectivity index (χ0v) is 13.3. The van der Waals surface area contributed by atoms with Crippen molar-refractivity contribution < 1.29 is 4.79 Å². The van der Waals surface area contributed by atoms with Crippen molar-refractivity contribution >= 4 is 50.7 Å². The highest BCUT2D eigenvalue weighted by atomic mass is 35.5. The van der Waals surface area contributed by atoms with Crippen LogP contribution in [0.2, 0.25) is 10.0 Å². The smallest absolute Gasteiger partial charge is 0.279 e. The Morgan fingerprint density at radius 1 is 1.19 bits per heavy atom. The van der Waals surface area contributed by atoms with Crippen LogP contribution in [0.5, 0.6) is 0 Å². The summed E-state index contributed by atoms with van der Waals surface area (Å²) in [5.74, 6) is -0.278. The van der Waals surface area contributed by atoms with Gasteiger partial charge in [-0.1, -0.05) is 52.7 Å². The van der Waals surface area contributed by atoms with E-state index >= 15 is 0 Å². The summed E-state index contributed by atoms with van der Waals surface area (Å²) in [6.07, 6.45) is 0. The van der Waals surface area contributed by atoms with E-state index in [1.165, 1.54) is 11.3 Å². The second kappa shape index (κ2) is 5.64. The molecule has 0 bridgehead atoms. The van der Waals surface area contributed by atoms with E-state index in [0.29, 0.717) is 20.4 Å². The Morgan fingerprint density at radius 3 is 2.62 bits per heavy atom. The normalized spacial score (nSPS) is 12.0. The molecule has 0 unspecified atom stereocenters. The van der Waals surface area contributed by atoms with Crippen LogP contribution in [0.1, 0.15) is 10.4 Å². The van der Waals surface area contributed by atoms with Gasteiger partial charge in [-0.15, -0.1) is 0 Å². The maximum Gasteiger partial charge on any atom is 0.279 e. The molecule has 0 saturated carbocycles. The van der Waals surface area contributed by atoms with E-state index in [4.69, 9.17) is 23.2 Å². The van der Waals surface area contributed by atoms with Crippen molar-refractivity contribution in [3.8, 4) is 0 Å². The van der Waals surface area contributed by atoms with E-state index in [-0.39, 0.29) is 5.91 Å². The van der Waals surface area contributed by atoms with Gasteiger partial charge < -0.3 is 4.57 Å². The lowest BCUT2D eigenvalue weighted by atomic mass is 10.2. The monoisotopic (exact) mass is 336 g/mol. The number of benzene rings is 2. The molecule has 3 rings (SSSR count). The van der Waals surface area contributed by atoms with Crippen LogP contribution in [0.3, 0.4) is 0 Å². The number of hydrogen-bond donors (Lipinski definition) is 0. The van der Waals surface area contributed by atoms with Gasteiger partial charge in [0.2, 0.25) is 0 Å². The molecule has 1 aromatic heterocycles. The predicted molar refractivity (Wildman–Crippen MR) is 87.2 cm³/mol. The van der Waals surface area contributed by atoms with Crippen LogP contribution in [0.25, 0.3) is 10.2 Å². The Balaban J connectivity index is 2.17. The molecule has 2 aromatic carbocycles. The Labute approximate surface area is 135 Å². The Bertz CT molecular complexity index is 897. The summed E-state index contributed by atoms with van der Waals surface area (Å²) in [7, 11) is 1.83. The molecule has 1 amide bonds. The van der Waals surface area contributed by atoms with E-state index in [0.717, 1.165) is 10.2 Å². The number of carbonyl (C=O) groups excluding carboxylic acids is 1. The lowest BCUT2D eigenvalue weighted by molar-refractivity contribution is 0.0998. The summed E-state index contributed by atoms with van der Waals surface area (Å²) in [6.45, 7) is 0. The van der Waals surface area contributed by atoms with Gasteiger partial charge in [-0.25, -0.2) is 0 Å². The molecule has 0 atom stereocenters. The summed E-state index contributed by atoms with van der Waals surface area (Å²) in [5, 5.41) is 1.11. The number of hydrogen-bond acceptors (Lipinski definition) is 2. The van der Waals surface area contributed by atoms with Crippen LogP contribution in [-0.4, -0.2) is 10.5 Å². The third kappa shape index (κ3) is 2.75. The first-order valence-electron chi connectivity index (χ1n) is 6.15. The Kier molecular flexibility index (Phi) is 3.85. The van der Waals surface area contributed by atoms with Crippen LogP contribution < -0.4 is 4.80 Å². The van der Waals surface area contributed by atoms with Crippen molar-refractivity contribution in [2.45, 2.75) is 0 Å². The average molecular weight is 337 g/mol. The number of amides is 1. The number of thiazole rings is 1. The lowest BCUT2D eigenvalue weighted by Crippen LogP contribution is -2.13. The molecule has 3 nitrogen and oxygen atoms in total. The quantitative estimate of drug-likeness (QED) is 0.652. The van der Waals surface area contributed by atoms with Crippen molar-refractivity contribution in [2.24, 2.45) is 12.0 Å². The van der Waals surface area contributed by atoms with Gasteiger partial charge in [0.15, 0.2) is 4.80 Å². The van der Waals surface area contributed by atoms with Crippen LogP contribution >= 0.6 is 34.5 Å². The van der Waals surface area contributed by atoms with Crippen LogP contribution in [0.4, 0.5) is 0 Å². The first-order valence-corrected chi connectivity index (χ1v) is 7.72. The molecule has 106 valence electrons. The first-order chi connectivity index (χ1) is 10.1. The zero-order chi connectivity index (χ0) is 15.0. The predicted octanol–water partition coefficient (Wildman–Crippen LogP) is 4.29. The molecule has 6 heteroatoms. The molecule has 0 aliphatic heterocycles. The van der Waals surface area contributed by atoms with E-state index in [2.05, 4.69) is 4.99 Å². The Morgan fingerprint density at radius 2 is 1.90 bits per heavy atom. The van der Waals surface area contributed by atoms with E-state index in [1.807, 2.05) is 31.3 Å². The maximum absolute atomic E-state index is 12.2. The Hall–Kier alpha value is -1.62. The summed E-state index contributed by atoms with van der Waals surface area (Å²) in [6, 6.07) is 12.5. The molecule has 21 heavy (non-hydrogen) atoms. The highest BCUT2D eigenvalue weighted by Crippen LogP contribution is 2.29. The molecular formula is C15H10Cl2N2OS. The number of nitrogens with zero attached hydrogens (tertiary/aromatic N) is 2. The first kappa shape index (κ1) is 14.3. The molecule has 0 fully saturated rings. The van der Waals surface area contributed by atoms with Crippen LogP contribution in [0, 0.1) is 0 Å². The van der Waals surface area contributed by atoms with E-state index < -0.39 is 0 Å². The van der Waals surface area contributed by atoms with Crippen molar-refractivity contribution in [2.75, 3.05) is 0 Å². The third-order valence-electron chi connectivity index (χ3n) is 3.03. The van der Waals surface area contributed by atoms with Gasteiger partial charge >= 0.3 is 0 Å². The molecule has 0 aliphatic rings. The largest absolute Gasteiger partial charge is 0.318 e. The fourth-order valence-electron chi connectivity index (χ4n) is 2.04. The fourth-order valence-corrected chi connectivity index (χ4v) is 3.86. The molecule has 1 heterocycles. The molecule has 0 N–H and O–H groups in total. The molecule has 0 radical (unpaired) electrons. The summed E-state index contributed by atoms with van der Waals surface area (Å²) in [4.78, 5) is 16.9. The standard InChI is InChI=1S/C15H10Cl2N2OS/c1-19-13-11(17)7-10(16)8-12(13)21-15(19)18-14(20)9-5-3-2-4-6-9/h2-8H,1H3. The van der Waals surface area contributed by atoms with Gasteiger partial charge in [-0.05, 0) is 24.3 Å². The van der Waals surface area contributed by atoms with Crippen molar-refractivity contribution in [1.82, 2.24) is 4.57 Å². The number of halogens is 2. The van der Waals surface area contributed by atoms with Gasteiger partial charge in [0.1, 0.15) is 0 Å². The minimum absolute atomic E-state index is 0.278. The summed E-state index contributed by atoms with van der Waals surface area (Å²) < 4.78 is 2.70. The van der Waals surface area contributed by atoms with Gasteiger partial charge in [0, 0.05) is 17.6 Å². The number of fused-ring (bicyclic) bond motifs is 1. The van der Waals surface area contributed by atoms with Crippen molar-refractivity contribution in [3.63, 3.8) is 0 Å². The van der Waals surface area contributed by atoms with Crippen LogP contribution in [0.15, 0.2) is 47.5 Å². The fraction of sp³-hybridized carbons (Fsp3) is 0.0667.